The summed E-state index contributed by atoms with van der Waals surface area (Å²) in [6.45, 7) is 1.44. The number of piperidine rings is 1. The summed E-state index contributed by atoms with van der Waals surface area (Å²) < 4.78 is 10.6. The van der Waals surface area contributed by atoms with E-state index in [1.807, 2.05) is 23.1 Å². The second kappa shape index (κ2) is 7.76. The van der Waals surface area contributed by atoms with Gasteiger partial charge < -0.3 is 19.4 Å². The van der Waals surface area contributed by atoms with Crippen molar-refractivity contribution in [2.75, 3.05) is 27.3 Å². The standard InChI is InChI=1S/C22H23ClN2O3/c1-27-18-10-16(11-19(13-18)28-2)22(26)25-7-5-14(6-8-25)21-12-15-9-17(23)3-4-20(15)24-21/h3-4,9-14,24H,5-8H2,1-2H3. The van der Waals surface area contributed by atoms with Gasteiger partial charge in [0, 0.05) is 52.3 Å². The third-order valence-electron chi connectivity index (χ3n) is 5.42. The lowest BCUT2D eigenvalue weighted by Crippen LogP contribution is -2.38. The molecular formula is C22H23ClN2O3. The smallest absolute Gasteiger partial charge is 0.254 e. The van der Waals surface area contributed by atoms with E-state index in [-0.39, 0.29) is 5.91 Å². The van der Waals surface area contributed by atoms with Crippen molar-refractivity contribution >= 4 is 28.4 Å². The molecule has 6 heteroatoms. The third kappa shape index (κ3) is 3.67. The molecule has 1 aliphatic heterocycles. The topological polar surface area (TPSA) is 54.6 Å². The predicted octanol–water partition coefficient (Wildman–Crippen LogP) is 4.86. The Balaban J connectivity index is 1.46. The van der Waals surface area contributed by atoms with Gasteiger partial charge in [-0.15, -0.1) is 0 Å². The van der Waals surface area contributed by atoms with Crippen LogP contribution in [-0.4, -0.2) is 43.1 Å². The molecule has 2 heterocycles. The van der Waals surface area contributed by atoms with E-state index in [9.17, 15) is 4.79 Å². The summed E-state index contributed by atoms with van der Waals surface area (Å²) in [5.41, 5.74) is 2.91. The number of halogens is 1. The zero-order valence-electron chi connectivity index (χ0n) is 16.0. The Hall–Kier alpha value is -2.66. The molecule has 2 aromatic carbocycles. The molecule has 1 saturated heterocycles. The molecule has 0 saturated carbocycles. The molecule has 1 fully saturated rings. The predicted molar refractivity (Wildman–Crippen MR) is 111 cm³/mol. The van der Waals surface area contributed by atoms with Crippen LogP contribution in [0.3, 0.4) is 0 Å². The second-order valence-corrected chi connectivity index (χ2v) is 7.56. The fourth-order valence-corrected chi connectivity index (χ4v) is 4.03. The van der Waals surface area contributed by atoms with Gasteiger partial charge in [-0.05, 0) is 49.2 Å². The van der Waals surface area contributed by atoms with E-state index in [0.717, 1.165) is 41.9 Å². The summed E-state index contributed by atoms with van der Waals surface area (Å²) in [5.74, 6) is 1.66. The number of likely N-dealkylation sites (tertiary alicyclic amines) is 1. The molecule has 146 valence electrons. The van der Waals surface area contributed by atoms with E-state index >= 15 is 0 Å². The fraction of sp³-hybridized carbons (Fsp3) is 0.318. The normalized spacial score (nSPS) is 15.0. The minimum absolute atomic E-state index is 0.0130. The van der Waals surface area contributed by atoms with Crippen LogP contribution in [0.1, 0.15) is 34.8 Å². The quantitative estimate of drug-likeness (QED) is 0.682. The summed E-state index contributed by atoms with van der Waals surface area (Å²) in [7, 11) is 3.17. The van der Waals surface area contributed by atoms with Crippen LogP contribution in [0.25, 0.3) is 10.9 Å². The third-order valence-corrected chi connectivity index (χ3v) is 5.66. The number of nitrogens with zero attached hydrogens (tertiary/aromatic N) is 1. The molecular weight excluding hydrogens is 376 g/mol. The zero-order chi connectivity index (χ0) is 19.7. The average Bonchev–Trinajstić information content (AvgIpc) is 3.16. The maximum atomic E-state index is 12.9. The molecule has 0 unspecified atom stereocenters. The van der Waals surface area contributed by atoms with Crippen LogP contribution < -0.4 is 9.47 Å². The Morgan fingerprint density at radius 1 is 1.04 bits per heavy atom. The van der Waals surface area contributed by atoms with Crippen LogP contribution in [0, 0.1) is 0 Å². The first-order valence-corrected chi connectivity index (χ1v) is 9.75. The molecule has 1 N–H and O–H groups in total. The van der Waals surface area contributed by atoms with Crippen molar-refractivity contribution in [3.05, 3.63) is 58.7 Å². The summed E-state index contributed by atoms with van der Waals surface area (Å²) in [6, 6.07) is 13.4. The lowest BCUT2D eigenvalue weighted by atomic mass is 9.93. The van der Waals surface area contributed by atoms with Gasteiger partial charge in [0.15, 0.2) is 0 Å². The van der Waals surface area contributed by atoms with E-state index < -0.39 is 0 Å². The molecule has 0 atom stereocenters. The number of ether oxygens (including phenoxy) is 2. The molecule has 4 rings (SSSR count). The van der Waals surface area contributed by atoms with Crippen molar-refractivity contribution in [2.24, 2.45) is 0 Å². The number of benzene rings is 2. The lowest BCUT2D eigenvalue weighted by molar-refractivity contribution is 0.0711. The number of carbonyl (C=O) groups excluding carboxylic acids is 1. The number of H-pyrrole nitrogens is 1. The van der Waals surface area contributed by atoms with Crippen molar-refractivity contribution in [3.8, 4) is 11.5 Å². The van der Waals surface area contributed by atoms with Gasteiger partial charge in [0.05, 0.1) is 14.2 Å². The molecule has 5 nitrogen and oxygen atoms in total. The Morgan fingerprint density at radius 3 is 2.36 bits per heavy atom. The Kier molecular flexibility index (Phi) is 5.18. The minimum Gasteiger partial charge on any atom is -0.497 e. The molecule has 1 aromatic heterocycles. The van der Waals surface area contributed by atoms with Gasteiger partial charge in [-0.25, -0.2) is 0 Å². The first-order chi connectivity index (χ1) is 13.6. The maximum absolute atomic E-state index is 12.9. The first kappa shape index (κ1) is 18.7. The highest BCUT2D eigenvalue weighted by Crippen LogP contribution is 2.32. The van der Waals surface area contributed by atoms with Gasteiger partial charge >= 0.3 is 0 Å². The van der Waals surface area contributed by atoms with Gasteiger partial charge in [0.2, 0.25) is 0 Å². The summed E-state index contributed by atoms with van der Waals surface area (Å²) in [5, 5.41) is 1.87. The Morgan fingerprint density at radius 2 is 1.71 bits per heavy atom. The van der Waals surface area contributed by atoms with Crippen molar-refractivity contribution in [1.82, 2.24) is 9.88 Å². The van der Waals surface area contributed by atoms with E-state index in [1.54, 1.807) is 32.4 Å². The number of hydrogen-bond donors (Lipinski definition) is 1. The van der Waals surface area contributed by atoms with Crippen molar-refractivity contribution in [2.45, 2.75) is 18.8 Å². The van der Waals surface area contributed by atoms with Gasteiger partial charge in [-0.1, -0.05) is 11.6 Å². The number of rotatable bonds is 4. The molecule has 0 radical (unpaired) electrons. The number of carbonyl (C=O) groups is 1. The minimum atomic E-state index is 0.0130. The van der Waals surface area contributed by atoms with Gasteiger partial charge in [0.1, 0.15) is 11.5 Å². The van der Waals surface area contributed by atoms with E-state index in [2.05, 4.69) is 11.1 Å². The van der Waals surface area contributed by atoms with E-state index in [1.165, 1.54) is 5.69 Å². The first-order valence-electron chi connectivity index (χ1n) is 9.38. The second-order valence-electron chi connectivity index (χ2n) is 7.12. The summed E-state index contributed by atoms with van der Waals surface area (Å²) in [4.78, 5) is 18.4. The highest BCUT2D eigenvalue weighted by molar-refractivity contribution is 6.31. The van der Waals surface area contributed by atoms with Gasteiger partial charge in [-0.3, -0.25) is 4.79 Å². The monoisotopic (exact) mass is 398 g/mol. The molecule has 0 bridgehead atoms. The average molecular weight is 399 g/mol. The SMILES string of the molecule is COc1cc(OC)cc(C(=O)N2CCC(c3cc4cc(Cl)ccc4[nH]3)CC2)c1. The number of nitrogens with one attached hydrogen (secondary N) is 1. The molecule has 1 aliphatic rings. The van der Waals surface area contributed by atoms with E-state index in [4.69, 9.17) is 21.1 Å². The maximum Gasteiger partial charge on any atom is 0.254 e. The van der Waals surface area contributed by atoms with Crippen molar-refractivity contribution < 1.29 is 14.3 Å². The number of amides is 1. The number of methoxy groups -OCH3 is 2. The van der Waals surface area contributed by atoms with Crippen LogP contribution in [0.4, 0.5) is 0 Å². The van der Waals surface area contributed by atoms with E-state index in [0.29, 0.717) is 23.0 Å². The number of fused-ring (bicyclic) bond motifs is 1. The van der Waals surface area contributed by atoms with Crippen LogP contribution in [0.2, 0.25) is 5.02 Å². The molecule has 0 aliphatic carbocycles. The molecule has 1 amide bonds. The van der Waals surface area contributed by atoms with Gasteiger partial charge in [0.25, 0.3) is 5.91 Å². The Bertz CT molecular complexity index is 984. The Labute approximate surface area is 169 Å². The largest absolute Gasteiger partial charge is 0.497 e. The number of aromatic nitrogens is 1. The van der Waals surface area contributed by atoms with Crippen LogP contribution in [-0.2, 0) is 0 Å². The number of hydrogen-bond acceptors (Lipinski definition) is 3. The zero-order valence-corrected chi connectivity index (χ0v) is 16.8. The van der Waals surface area contributed by atoms with Crippen molar-refractivity contribution in [3.63, 3.8) is 0 Å². The highest BCUT2D eigenvalue weighted by Gasteiger charge is 2.26. The lowest BCUT2D eigenvalue weighted by Gasteiger charge is -2.31. The summed E-state index contributed by atoms with van der Waals surface area (Å²) >= 11 is 6.09. The highest BCUT2D eigenvalue weighted by atomic mass is 35.5. The molecule has 28 heavy (non-hydrogen) atoms. The molecule has 3 aromatic rings. The van der Waals surface area contributed by atoms with Crippen LogP contribution >= 0.6 is 11.6 Å². The van der Waals surface area contributed by atoms with Crippen molar-refractivity contribution in [1.29, 1.82) is 0 Å². The van der Waals surface area contributed by atoms with Crippen LogP contribution in [0.5, 0.6) is 11.5 Å². The number of aromatic amines is 1. The molecule has 0 spiro atoms. The van der Waals surface area contributed by atoms with Gasteiger partial charge in [-0.2, -0.15) is 0 Å². The summed E-state index contributed by atoms with van der Waals surface area (Å²) in [6.07, 6.45) is 1.85. The van der Waals surface area contributed by atoms with Crippen LogP contribution in [0.15, 0.2) is 42.5 Å². The fourth-order valence-electron chi connectivity index (χ4n) is 3.85.